The lowest BCUT2D eigenvalue weighted by Crippen LogP contribution is -2.66. The quantitative estimate of drug-likeness (QED) is 0.141. The van der Waals surface area contributed by atoms with E-state index in [2.05, 4.69) is 137 Å². The molecule has 6 atom stereocenters. The fourth-order valence-corrected chi connectivity index (χ4v) is 8.58. The highest BCUT2D eigenvalue weighted by Crippen LogP contribution is 2.45. The molecular formula is C32H67IO6Si3. The minimum Gasteiger partial charge on any atom is -0.408 e. The predicted octanol–water partition coefficient (Wildman–Crippen LogP) is 9.44. The van der Waals surface area contributed by atoms with Crippen LogP contribution in [0.25, 0.3) is 0 Å². The third kappa shape index (κ3) is 11.0. The molecule has 0 aromatic heterocycles. The molecule has 1 heterocycles. The Morgan fingerprint density at radius 3 is 1.69 bits per heavy atom. The number of rotatable bonds is 14. The number of halogens is 1. The van der Waals surface area contributed by atoms with Crippen molar-refractivity contribution in [3.05, 3.63) is 10.2 Å². The second-order valence-electron chi connectivity index (χ2n) is 16.7. The Balaban J connectivity index is 3.82. The maximum Gasteiger partial charge on any atom is 0.193 e. The summed E-state index contributed by atoms with van der Waals surface area (Å²) in [5.74, 6) is 0. The summed E-state index contributed by atoms with van der Waals surface area (Å²) < 4.78 is 37.5. The van der Waals surface area contributed by atoms with Gasteiger partial charge in [-0.3, -0.25) is 0 Å². The lowest BCUT2D eigenvalue weighted by atomic mass is 9.96. The molecule has 0 amide bonds. The van der Waals surface area contributed by atoms with Crippen LogP contribution in [0.4, 0.5) is 0 Å². The van der Waals surface area contributed by atoms with Gasteiger partial charge in [0.25, 0.3) is 0 Å². The monoisotopic (exact) mass is 758 g/mol. The molecule has 0 saturated carbocycles. The molecule has 1 N–H and O–H groups in total. The molecule has 0 bridgehead atoms. The first-order chi connectivity index (χ1) is 18.8. The largest absolute Gasteiger partial charge is 0.408 e. The van der Waals surface area contributed by atoms with E-state index >= 15 is 0 Å². The van der Waals surface area contributed by atoms with Crippen molar-refractivity contribution in [2.75, 3.05) is 13.2 Å². The number of aliphatic hydroxyl groups is 1. The lowest BCUT2D eigenvalue weighted by molar-refractivity contribution is -0.218. The van der Waals surface area contributed by atoms with Gasteiger partial charge in [0.2, 0.25) is 0 Å². The van der Waals surface area contributed by atoms with E-state index < -0.39 is 25.0 Å². The summed E-state index contributed by atoms with van der Waals surface area (Å²) >= 11 is 2.29. The van der Waals surface area contributed by atoms with Gasteiger partial charge in [0, 0.05) is 6.61 Å². The zero-order valence-electron chi connectivity index (χ0n) is 30.0. The van der Waals surface area contributed by atoms with E-state index in [-0.39, 0.29) is 58.3 Å². The van der Waals surface area contributed by atoms with Crippen LogP contribution in [-0.4, -0.2) is 79.9 Å². The molecule has 1 saturated heterocycles. The first-order valence-electron chi connectivity index (χ1n) is 16.0. The zero-order chi connectivity index (χ0) is 32.9. The third-order valence-electron chi connectivity index (χ3n) is 10.2. The maximum atomic E-state index is 9.82. The minimum atomic E-state index is -2.27. The van der Waals surface area contributed by atoms with Gasteiger partial charge in [0.15, 0.2) is 25.0 Å². The van der Waals surface area contributed by atoms with E-state index in [1.165, 1.54) is 0 Å². The van der Waals surface area contributed by atoms with E-state index in [0.29, 0.717) is 13.0 Å². The molecule has 0 aliphatic carbocycles. The first kappa shape index (κ1) is 40.9. The van der Waals surface area contributed by atoms with Crippen LogP contribution in [0, 0.1) is 0 Å². The smallest absolute Gasteiger partial charge is 0.193 e. The lowest BCUT2D eigenvalue weighted by Gasteiger charge is -2.53. The fourth-order valence-electron chi connectivity index (χ4n) is 4.30. The average Bonchev–Trinajstić information content (AvgIpc) is 2.78. The number of ether oxygens (including phenoxy) is 2. The van der Waals surface area contributed by atoms with Crippen molar-refractivity contribution in [3.63, 3.8) is 0 Å². The zero-order valence-corrected chi connectivity index (χ0v) is 35.2. The van der Waals surface area contributed by atoms with Gasteiger partial charge >= 0.3 is 0 Å². The molecular weight excluding hydrogens is 692 g/mol. The van der Waals surface area contributed by atoms with Crippen LogP contribution in [0.3, 0.4) is 0 Å². The topological polar surface area (TPSA) is 66.4 Å². The molecule has 6 nitrogen and oxygen atoms in total. The Bertz CT molecular complexity index is 839. The predicted molar refractivity (Wildman–Crippen MR) is 194 cm³/mol. The number of aliphatic hydroxyl groups excluding tert-OH is 1. The summed E-state index contributed by atoms with van der Waals surface area (Å²) in [4.78, 5) is 0. The molecule has 4 unspecified atom stereocenters. The summed E-state index contributed by atoms with van der Waals surface area (Å²) in [6.07, 6.45) is 2.97. The molecule has 250 valence electrons. The van der Waals surface area contributed by atoms with Crippen molar-refractivity contribution in [1.29, 1.82) is 0 Å². The molecule has 1 aliphatic rings. The highest BCUT2D eigenvalue weighted by atomic mass is 127. The fraction of sp³-hybridized carbons (Fsp3) is 0.938. The van der Waals surface area contributed by atoms with Crippen LogP contribution in [0.1, 0.15) is 88.5 Å². The average molecular weight is 759 g/mol. The van der Waals surface area contributed by atoms with Crippen LogP contribution in [0.5, 0.6) is 0 Å². The van der Waals surface area contributed by atoms with E-state index in [4.69, 9.17) is 22.8 Å². The Kier molecular flexibility index (Phi) is 15.2. The molecule has 1 aliphatic heterocycles. The van der Waals surface area contributed by atoms with Crippen LogP contribution in [0.15, 0.2) is 10.2 Å². The van der Waals surface area contributed by atoms with Gasteiger partial charge in [-0.2, -0.15) is 0 Å². The van der Waals surface area contributed by atoms with Crippen molar-refractivity contribution < 1.29 is 27.9 Å². The van der Waals surface area contributed by atoms with E-state index in [1.54, 1.807) is 0 Å². The van der Waals surface area contributed by atoms with Gasteiger partial charge in [-0.1, -0.05) is 98.2 Å². The van der Waals surface area contributed by atoms with Crippen LogP contribution < -0.4 is 0 Å². The van der Waals surface area contributed by atoms with Crippen molar-refractivity contribution in [2.24, 2.45) is 0 Å². The second-order valence-corrected chi connectivity index (χ2v) is 31.7. The standard InChI is InChI=1S/C32H67IO6Si3/c1-17-18-24(20-22-34)36-26-23-35-27(25(19-21-33)37-40(11,12)30(2,3)4)29(39-42(15,16)32(8,9)10)28(26)38-41(13,14)31(5,6)7/h19,21,24-29,34H,17-18,20,22-23H2,1-16H3/b21-19+/t24?,25?,26-,27-,28?,29?/m0/s1. The van der Waals surface area contributed by atoms with E-state index in [0.717, 1.165) is 12.8 Å². The number of hydrogen-bond donors (Lipinski definition) is 1. The Morgan fingerprint density at radius 1 is 0.810 bits per heavy atom. The normalized spacial score (nSPS) is 25.2. The molecule has 1 fully saturated rings. The summed E-state index contributed by atoms with van der Waals surface area (Å²) in [6, 6.07) is 0. The van der Waals surface area contributed by atoms with Crippen molar-refractivity contribution >= 4 is 47.5 Å². The van der Waals surface area contributed by atoms with Crippen molar-refractivity contribution in [3.8, 4) is 0 Å². The summed E-state index contributed by atoms with van der Waals surface area (Å²) in [5.41, 5.74) is 0. The summed E-state index contributed by atoms with van der Waals surface area (Å²) in [7, 11) is -6.66. The van der Waals surface area contributed by atoms with Gasteiger partial charge in [-0.05, 0) is 77.4 Å². The second kappa shape index (κ2) is 15.6. The molecule has 10 heteroatoms. The third-order valence-corrected chi connectivity index (χ3v) is 24.0. The molecule has 0 spiro atoms. The Labute approximate surface area is 276 Å². The van der Waals surface area contributed by atoms with Gasteiger partial charge in [0.05, 0.1) is 18.8 Å². The van der Waals surface area contributed by atoms with Gasteiger partial charge in [-0.15, -0.1) is 0 Å². The SMILES string of the molecule is CCCC(CCO)O[C@H]1CO[C@@H](C(/C=C/I)O[Si](C)(C)C(C)(C)C)C(O[Si](C)(C)C(C)(C)C)C1O[Si](C)(C)C(C)(C)C. The molecule has 42 heavy (non-hydrogen) atoms. The van der Waals surface area contributed by atoms with Crippen LogP contribution >= 0.6 is 22.6 Å². The molecule has 1 rings (SSSR count). The minimum absolute atomic E-state index is 0.00337. The van der Waals surface area contributed by atoms with Crippen molar-refractivity contribution in [2.45, 2.75) is 180 Å². The van der Waals surface area contributed by atoms with Crippen LogP contribution in [0.2, 0.25) is 54.4 Å². The Hall–Kier alpha value is 0.881. The first-order valence-corrected chi connectivity index (χ1v) is 26.0. The van der Waals surface area contributed by atoms with Gasteiger partial charge < -0.3 is 27.9 Å². The highest BCUT2D eigenvalue weighted by Gasteiger charge is 2.54. The van der Waals surface area contributed by atoms with Gasteiger partial charge in [0.1, 0.15) is 24.4 Å². The number of hydrogen-bond acceptors (Lipinski definition) is 6. The summed E-state index contributed by atoms with van der Waals surface area (Å²) in [6.45, 7) is 37.0. The Morgan fingerprint density at radius 2 is 1.29 bits per heavy atom. The van der Waals surface area contributed by atoms with Crippen molar-refractivity contribution in [1.82, 2.24) is 0 Å². The molecule has 0 aromatic rings. The molecule has 0 radical (unpaired) electrons. The van der Waals surface area contributed by atoms with Crippen LogP contribution in [-0.2, 0) is 22.8 Å². The maximum absolute atomic E-state index is 9.82. The highest BCUT2D eigenvalue weighted by molar-refractivity contribution is 14.1. The van der Waals surface area contributed by atoms with E-state index in [1.807, 2.05) is 4.08 Å². The van der Waals surface area contributed by atoms with E-state index in [9.17, 15) is 5.11 Å². The summed E-state index contributed by atoms with van der Waals surface area (Å²) in [5, 5.41) is 9.89. The van der Waals surface area contributed by atoms with Gasteiger partial charge in [-0.25, -0.2) is 0 Å². The molecule has 0 aromatic carbocycles.